The zero-order valence-electron chi connectivity index (χ0n) is 11.5. The van der Waals surface area contributed by atoms with Gasteiger partial charge in [0.1, 0.15) is 12.7 Å². The van der Waals surface area contributed by atoms with Gasteiger partial charge < -0.3 is 10.6 Å². The highest BCUT2D eigenvalue weighted by Gasteiger charge is 2.16. The Bertz CT molecular complexity index is 549. The Morgan fingerprint density at radius 2 is 2.10 bits per heavy atom. The van der Waals surface area contributed by atoms with Crippen LogP contribution >= 0.6 is 0 Å². The molecule has 0 atom stereocenters. The molecule has 0 bridgehead atoms. The topological polar surface area (TPSA) is 93.4 Å². The van der Waals surface area contributed by atoms with E-state index < -0.39 is 0 Å². The summed E-state index contributed by atoms with van der Waals surface area (Å²) in [6.45, 7) is 0.884. The largest absolute Gasteiger partial charge is 0.357 e. The van der Waals surface area contributed by atoms with Gasteiger partial charge in [-0.25, -0.2) is 4.98 Å². The highest BCUT2D eigenvalue weighted by molar-refractivity contribution is 5.37. The maximum atomic E-state index is 4.35. The van der Waals surface area contributed by atoms with Gasteiger partial charge in [-0.2, -0.15) is 24.7 Å². The van der Waals surface area contributed by atoms with Crippen molar-refractivity contribution in [3.8, 4) is 5.95 Å². The van der Waals surface area contributed by atoms with Gasteiger partial charge in [-0.05, 0) is 12.3 Å². The molecule has 2 aromatic heterocycles. The van der Waals surface area contributed by atoms with Crippen LogP contribution in [0.1, 0.15) is 25.7 Å². The van der Waals surface area contributed by atoms with Crippen LogP contribution in [0.4, 0.5) is 11.9 Å². The lowest BCUT2D eigenvalue weighted by molar-refractivity contribution is 0.303. The molecule has 8 heteroatoms. The summed E-state index contributed by atoms with van der Waals surface area (Å²) >= 11 is 0. The monoisotopic (exact) mass is 274 g/mol. The molecule has 0 aliphatic heterocycles. The van der Waals surface area contributed by atoms with Crippen LogP contribution in [-0.4, -0.2) is 43.3 Å². The Morgan fingerprint density at radius 3 is 2.75 bits per heavy atom. The van der Waals surface area contributed by atoms with Crippen molar-refractivity contribution in [2.75, 3.05) is 24.2 Å². The predicted octanol–water partition coefficient (Wildman–Crippen LogP) is 1.10. The number of nitrogens with one attached hydrogen (secondary N) is 2. The van der Waals surface area contributed by atoms with E-state index in [9.17, 15) is 0 Å². The average molecular weight is 274 g/mol. The minimum atomic E-state index is 0.452. The molecule has 1 saturated carbocycles. The SMILES string of the molecule is CNc1nc(NCCC2CCC2)nc(-n2cncn2)n1. The van der Waals surface area contributed by atoms with Crippen molar-refractivity contribution < 1.29 is 0 Å². The van der Waals surface area contributed by atoms with E-state index in [4.69, 9.17) is 0 Å². The lowest BCUT2D eigenvalue weighted by Gasteiger charge is -2.25. The molecule has 1 fully saturated rings. The van der Waals surface area contributed by atoms with Crippen molar-refractivity contribution in [3.05, 3.63) is 12.7 Å². The maximum Gasteiger partial charge on any atom is 0.258 e. The van der Waals surface area contributed by atoms with Crippen molar-refractivity contribution in [3.63, 3.8) is 0 Å². The van der Waals surface area contributed by atoms with E-state index in [1.165, 1.54) is 36.7 Å². The standard InChI is InChI=1S/C12H18N8/c1-13-10-17-11(15-6-5-9-3-2-4-9)19-12(18-10)20-8-14-7-16-20/h7-9H,2-6H2,1H3,(H2,13,15,17,18,19). The molecule has 1 aliphatic rings. The lowest BCUT2D eigenvalue weighted by atomic mass is 9.83. The Hall–Kier alpha value is -2.25. The van der Waals surface area contributed by atoms with Crippen LogP contribution in [0.15, 0.2) is 12.7 Å². The predicted molar refractivity (Wildman–Crippen MR) is 74.7 cm³/mol. The molecule has 1 aliphatic carbocycles. The quantitative estimate of drug-likeness (QED) is 0.814. The molecule has 8 nitrogen and oxygen atoms in total. The molecule has 3 rings (SSSR count). The highest BCUT2D eigenvalue weighted by atomic mass is 15.4. The van der Waals surface area contributed by atoms with Gasteiger partial charge in [0.15, 0.2) is 0 Å². The number of hydrogen-bond acceptors (Lipinski definition) is 7. The fourth-order valence-electron chi connectivity index (χ4n) is 2.14. The second kappa shape index (κ2) is 5.81. The fourth-order valence-corrected chi connectivity index (χ4v) is 2.14. The molecule has 106 valence electrons. The molecule has 0 spiro atoms. The zero-order valence-corrected chi connectivity index (χ0v) is 11.5. The number of anilines is 2. The number of aromatic nitrogens is 6. The van der Waals surface area contributed by atoms with Gasteiger partial charge in [-0.15, -0.1) is 0 Å². The van der Waals surface area contributed by atoms with Gasteiger partial charge >= 0.3 is 0 Å². The van der Waals surface area contributed by atoms with Crippen molar-refractivity contribution >= 4 is 11.9 Å². The third-order valence-corrected chi connectivity index (χ3v) is 3.53. The molecule has 2 heterocycles. The van der Waals surface area contributed by atoms with Crippen LogP contribution in [0, 0.1) is 5.92 Å². The Morgan fingerprint density at radius 1 is 1.25 bits per heavy atom. The highest BCUT2D eigenvalue weighted by Crippen LogP contribution is 2.29. The van der Waals surface area contributed by atoms with Gasteiger partial charge in [-0.3, -0.25) is 0 Å². The van der Waals surface area contributed by atoms with Crippen LogP contribution in [0.3, 0.4) is 0 Å². The zero-order chi connectivity index (χ0) is 13.8. The summed E-state index contributed by atoms with van der Waals surface area (Å²) in [6.07, 6.45) is 8.26. The minimum absolute atomic E-state index is 0.452. The molecule has 0 saturated heterocycles. The second-order valence-corrected chi connectivity index (χ2v) is 4.89. The van der Waals surface area contributed by atoms with Gasteiger partial charge in [0.05, 0.1) is 0 Å². The molecular formula is C12H18N8. The summed E-state index contributed by atoms with van der Waals surface area (Å²) in [4.78, 5) is 16.8. The summed E-state index contributed by atoms with van der Waals surface area (Å²) in [5.74, 6) is 2.39. The molecule has 0 radical (unpaired) electrons. The van der Waals surface area contributed by atoms with E-state index in [1.807, 2.05) is 0 Å². The smallest absolute Gasteiger partial charge is 0.258 e. The van der Waals surface area contributed by atoms with Crippen LogP contribution in [0.25, 0.3) is 5.95 Å². The van der Waals surface area contributed by atoms with Crippen molar-refractivity contribution in [2.45, 2.75) is 25.7 Å². The summed E-state index contributed by atoms with van der Waals surface area (Å²) in [5, 5.41) is 10.2. The Balaban J connectivity index is 1.70. The van der Waals surface area contributed by atoms with Gasteiger partial charge in [0, 0.05) is 13.6 Å². The third-order valence-electron chi connectivity index (χ3n) is 3.53. The average Bonchev–Trinajstić information content (AvgIpc) is 2.95. The van der Waals surface area contributed by atoms with Crippen LogP contribution in [0.5, 0.6) is 0 Å². The van der Waals surface area contributed by atoms with Crippen LogP contribution < -0.4 is 10.6 Å². The van der Waals surface area contributed by atoms with E-state index in [0.29, 0.717) is 17.8 Å². The first kappa shape index (κ1) is 12.8. The fraction of sp³-hybridized carbons (Fsp3) is 0.583. The molecule has 2 aromatic rings. The molecule has 0 aromatic carbocycles. The number of hydrogen-bond donors (Lipinski definition) is 2. The van der Waals surface area contributed by atoms with E-state index >= 15 is 0 Å². The van der Waals surface area contributed by atoms with E-state index in [2.05, 4.69) is 35.7 Å². The molecule has 0 amide bonds. The summed E-state index contributed by atoms with van der Waals surface area (Å²) in [5.41, 5.74) is 0. The van der Waals surface area contributed by atoms with E-state index in [-0.39, 0.29) is 0 Å². The molecule has 20 heavy (non-hydrogen) atoms. The summed E-state index contributed by atoms with van der Waals surface area (Å²) in [6, 6.07) is 0. The minimum Gasteiger partial charge on any atom is -0.357 e. The van der Waals surface area contributed by atoms with Crippen LogP contribution in [0.2, 0.25) is 0 Å². The van der Waals surface area contributed by atoms with Gasteiger partial charge in [0.25, 0.3) is 5.95 Å². The molecule has 0 unspecified atom stereocenters. The van der Waals surface area contributed by atoms with Crippen molar-refractivity contribution in [1.29, 1.82) is 0 Å². The normalized spacial score (nSPS) is 14.8. The summed E-state index contributed by atoms with van der Waals surface area (Å²) in [7, 11) is 1.78. The molecular weight excluding hydrogens is 256 g/mol. The second-order valence-electron chi connectivity index (χ2n) is 4.89. The van der Waals surface area contributed by atoms with E-state index in [1.54, 1.807) is 13.4 Å². The van der Waals surface area contributed by atoms with Crippen molar-refractivity contribution in [2.24, 2.45) is 5.92 Å². The van der Waals surface area contributed by atoms with Crippen LogP contribution in [-0.2, 0) is 0 Å². The van der Waals surface area contributed by atoms with E-state index in [0.717, 1.165) is 12.5 Å². The number of nitrogens with zero attached hydrogens (tertiary/aromatic N) is 6. The summed E-state index contributed by atoms with van der Waals surface area (Å²) < 4.78 is 1.51. The first-order chi connectivity index (χ1) is 9.85. The van der Waals surface area contributed by atoms with Gasteiger partial charge in [-0.1, -0.05) is 19.3 Å². The third kappa shape index (κ3) is 2.84. The Kier molecular flexibility index (Phi) is 3.71. The van der Waals surface area contributed by atoms with Crippen molar-refractivity contribution in [1.82, 2.24) is 29.7 Å². The maximum absolute atomic E-state index is 4.35. The molecule has 2 N–H and O–H groups in total. The van der Waals surface area contributed by atoms with Gasteiger partial charge in [0.2, 0.25) is 11.9 Å². The Labute approximate surface area is 117 Å². The number of rotatable bonds is 6. The first-order valence-electron chi connectivity index (χ1n) is 6.88. The first-order valence-corrected chi connectivity index (χ1v) is 6.88. The lowest BCUT2D eigenvalue weighted by Crippen LogP contribution is -2.17.